The van der Waals surface area contributed by atoms with Gasteiger partial charge in [-0.15, -0.1) is 0 Å². The molecule has 0 aromatic heterocycles. The first-order valence-electron chi connectivity index (χ1n) is 7.47. The molecule has 0 heterocycles. The lowest BCUT2D eigenvalue weighted by molar-refractivity contribution is 0.112. The average molecular weight is 298 g/mol. The van der Waals surface area contributed by atoms with Crippen LogP contribution < -0.4 is 0 Å². The third-order valence-corrected chi connectivity index (χ3v) is 4.23. The molecule has 0 amide bonds. The van der Waals surface area contributed by atoms with E-state index in [0.29, 0.717) is 17.4 Å². The Bertz CT molecular complexity index is 1050. The fraction of sp³-hybridized carbons (Fsp3) is 0. The van der Waals surface area contributed by atoms with Crippen LogP contribution >= 0.6 is 0 Å². The van der Waals surface area contributed by atoms with E-state index in [4.69, 9.17) is 0 Å². The van der Waals surface area contributed by atoms with Crippen molar-refractivity contribution in [3.8, 4) is 16.9 Å². The number of aldehydes is 1. The maximum atomic E-state index is 11.1. The fourth-order valence-corrected chi connectivity index (χ4v) is 3.08. The summed E-state index contributed by atoms with van der Waals surface area (Å²) >= 11 is 0. The maximum Gasteiger partial charge on any atom is 0.153 e. The summed E-state index contributed by atoms with van der Waals surface area (Å²) in [5.41, 5.74) is 1.91. The van der Waals surface area contributed by atoms with E-state index in [-0.39, 0.29) is 5.75 Å². The van der Waals surface area contributed by atoms with E-state index in [0.717, 1.165) is 21.7 Å². The number of phenols is 1. The summed E-state index contributed by atoms with van der Waals surface area (Å²) in [5, 5.41) is 14.9. The summed E-state index contributed by atoms with van der Waals surface area (Å²) in [6.07, 6.45) is 0.680. The summed E-state index contributed by atoms with van der Waals surface area (Å²) in [4.78, 5) is 11.1. The second-order valence-electron chi connectivity index (χ2n) is 5.59. The van der Waals surface area contributed by atoms with Gasteiger partial charge in [0.15, 0.2) is 6.29 Å². The molecule has 0 fully saturated rings. The summed E-state index contributed by atoms with van der Waals surface area (Å²) in [7, 11) is 0. The van der Waals surface area contributed by atoms with Crippen molar-refractivity contribution in [1.82, 2.24) is 0 Å². The highest BCUT2D eigenvalue weighted by Crippen LogP contribution is 2.37. The Morgan fingerprint density at radius 2 is 1.35 bits per heavy atom. The Morgan fingerprint density at radius 1 is 0.696 bits per heavy atom. The van der Waals surface area contributed by atoms with Crippen molar-refractivity contribution in [2.24, 2.45) is 0 Å². The van der Waals surface area contributed by atoms with Crippen LogP contribution in [-0.4, -0.2) is 11.4 Å². The van der Waals surface area contributed by atoms with Gasteiger partial charge in [0.2, 0.25) is 0 Å². The molecule has 0 radical (unpaired) electrons. The van der Waals surface area contributed by atoms with Crippen molar-refractivity contribution in [3.63, 3.8) is 0 Å². The number of carbonyl (C=O) groups excluding carboxylic acids is 1. The van der Waals surface area contributed by atoms with Gasteiger partial charge in [-0.05, 0) is 45.3 Å². The molecule has 2 nitrogen and oxygen atoms in total. The van der Waals surface area contributed by atoms with E-state index in [1.807, 2.05) is 30.3 Å². The third kappa shape index (κ3) is 2.16. The summed E-state index contributed by atoms with van der Waals surface area (Å²) in [6, 6.07) is 23.7. The van der Waals surface area contributed by atoms with Crippen LogP contribution in [0.1, 0.15) is 10.4 Å². The minimum Gasteiger partial charge on any atom is -0.507 e. The van der Waals surface area contributed by atoms with Crippen LogP contribution in [0.5, 0.6) is 5.75 Å². The first kappa shape index (κ1) is 13.5. The second kappa shape index (κ2) is 5.25. The molecule has 23 heavy (non-hydrogen) atoms. The lowest BCUT2D eigenvalue weighted by Gasteiger charge is -2.11. The van der Waals surface area contributed by atoms with Crippen molar-refractivity contribution in [2.45, 2.75) is 0 Å². The number of benzene rings is 4. The lowest BCUT2D eigenvalue weighted by atomic mass is 9.94. The minimum atomic E-state index is 0.0307. The zero-order valence-electron chi connectivity index (χ0n) is 12.4. The van der Waals surface area contributed by atoms with Gasteiger partial charge in [0.1, 0.15) is 5.75 Å². The Kier molecular flexibility index (Phi) is 3.09. The van der Waals surface area contributed by atoms with Gasteiger partial charge in [-0.3, -0.25) is 4.79 Å². The zero-order chi connectivity index (χ0) is 15.8. The molecule has 2 heteroatoms. The molecule has 0 atom stereocenters. The van der Waals surface area contributed by atoms with Gasteiger partial charge in [0, 0.05) is 5.56 Å². The second-order valence-corrected chi connectivity index (χ2v) is 5.59. The lowest BCUT2D eigenvalue weighted by Crippen LogP contribution is -1.87. The van der Waals surface area contributed by atoms with Gasteiger partial charge in [-0.25, -0.2) is 0 Å². The molecule has 1 N–H and O–H groups in total. The molecule has 4 rings (SSSR count). The van der Waals surface area contributed by atoms with Crippen molar-refractivity contribution < 1.29 is 9.90 Å². The topological polar surface area (TPSA) is 37.3 Å². The number of aromatic hydroxyl groups is 1. The SMILES string of the molecule is O=Cc1cccc(-c2cccc3cc4ccccc4cc23)c1O. The van der Waals surface area contributed by atoms with Crippen molar-refractivity contribution in [1.29, 1.82) is 0 Å². The zero-order valence-corrected chi connectivity index (χ0v) is 12.4. The number of para-hydroxylation sites is 1. The molecule has 0 aliphatic heterocycles. The van der Waals surface area contributed by atoms with Crippen molar-refractivity contribution in [3.05, 3.63) is 78.4 Å². The summed E-state index contributed by atoms with van der Waals surface area (Å²) in [5.74, 6) is 0.0307. The van der Waals surface area contributed by atoms with Crippen LogP contribution in [0.2, 0.25) is 0 Å². The Hall–Kier alpha value is -3.13. The smallest absolute Gasteiger partial charge is 0.153 e. The molecule has 0 bridgehead atoms. The van der Waals surface area contributed by atoms with E-state index in [1.54, 1.807) is 12.1 Å². The standard InChI is InChI=1S/C21H14O2/c22-13-17-8-4-10-19(21(17)23)18-9-3-7-16-11-14-5-1-2-6-15(14)12-20(16)18/h1-13,23H. The van der Waals surface area contributed by atoms with Crippen molar-refractivity contribution in [2.75, 3.05) is 0 Å². The van der Waals surface area contributed by atoms with Crippen LogP contribution in [0.15, 0.2) is 72.8 Å². The molecule has 0 aliphatic carbocycles. The number of fused-ring (bicyclic) bond motifs is 2. The quantitative estimate of drug-likeness (QED) is 0.409. The summed E-state index contributed by atoms with van der Waals surface area (Å²) in [6.45, 7) is 0. The highest BCUT2D eigenvalue weighted by Gasteiger charge is 2.11. The number of hydrogen-bond donors (Lipinski definition) is 1. The third-order valence-electron chi connectivity index (χ3n) is 4.23. The largest absolute Gasteiger partial charge is 0.507 e. The highest BCUT2D eigenvalue weighted by atomic mass is 16.3. The Morgan fingerprint density at radius 3 is 2.13 bits per heavy atom. The van der Waals surface area contributed by atoms with Crippen LogP contribution in [0, 0.1) is 0 Å². The molecule has 0 spiro atoms. The minimum absolute atomic E-state index is 0.0307. The Balaban J connectivity index is 2.08. The van der Waals surface area contributed by atoms with Gasteiger partial charge in [-0.1, -0.05) is 54.6 Å². The predicted octanol–water partition coefficient (Wildman–Crippen LogP) is 5.18. The van der Waals surface area contributed by atoms with Crippen LogP contribution in [0.25, 0.3) is 32.7 Å². The average Bonchev–Trinajstić information content (AvgIpc) is 2.60. The van der Waals surface area contributed by atoms with E-state index >= 15 is 0 Å². The van der Waals surface area contributed by atoms with Gasteiger partial charge in [0.25, 0.3) is 0 Å². The van der Waals surface area contributed by atoms with Gasteiger partial charge in [-0.2, -0.15) is 0 Å². The molecule has 0 unspecified atom stereocenters. The van der Waals surface area contributed by atoms with E-state index in [1.165, 1.54) is 5.39 Å². The van der Waals surface area contributed by atoms with E-state index in [9.17, 15) is 9.90 Å². The first-order chi connectivity index (χ1) is 11.3. The molecular formula is C21H14O2. The molecule has 4 aromatic rings. The normalized spacial score (nSPS) is 11.0. The van der Waals surface area contributed by atoms with Gasteiger partial charge in [0.05, 0.1) is 5.56 Å². The molecular weight excluding hydrogens is 284 g/mol. The van der Waals surface area contributed by atoms with Crippen LogP contribution in [-0.2, 0) is 0 Å². The molecule has 0 aliphatic rings. The predicted molar refractivity (Wildman–Crippen MR) is 93.9 cm³/mol. The Labute approximate surface area is 133 Å². The highest BCUT2D eigenvalue weighted by molar-refractivity contribution is 6.06. The number of carbonyl (C=O) groups is 1. The van der Waals surface area contributed by atoms with Crippen LogP contribution in [0.3, 0.4) is 0 Å². The van der Waals surface area contributed by atoms with E-state index in [2.05, 4.69) is 30.3 Å². The first-order valence-corrected chi connectivity index (χ1v) is 7.47. The molecule has 0 saturated heterocycles. The fourth-order valence-electron chi connectivity index (χ4n) is 3.08. The van der Waals surface area contributed by atoms with Gasteiger partial charge < -0.3 is 5.11 Å². The van der Waals surface area contributed by atoms with Crippen LogP contribution in [0.4, 0.5) is 0 Å². The van der Waals surface area contributed by atoms with Gasteiger partial charge >= 0.3 is 0 Å². The maximum absolute atomic E-state index is 11.1. The number of phenolic OH excluding ortho intramolecular Hbond substituents is 1. The monoisotopic (exact) mass is 298 g/mol. The molecule has 110 valence electrons. The number of rotatable bonds is 2. The van der Waals surface area contributed by atoms with Crippen molar-refractivity contribution >= 4 is 27.8 Å². The van der Waals surface area contributed by atoms with E-state index < -0.39 is 0 Å². The molecule has 4 aromatic carbocycles. The number of hydrogen-bond acceptors (Lipinski definition) is 2. The summed E-state index contributed by atoms with van der Waals surface area (Å²) < 4.78 is 0. The molecule has 0 saturated carbocycles.